The van der Waals surface area contributed by atoms with Gasteiger partial charge < -0.3 is 9.47 Å². The number of carbonyl (C=O) groups excluding carboxylic acids is 5. The molecule has 0 bridgehead atoms. The Hall–Kier alpha value is -4.47. The number of hydrogen-bond acceptors (Lipinski definition) is 9. The summed E-state index contributed by atoms with van der Waals surface area (Å²) in [5.41, 5.74) is 4.11. The minimum absolute atomic E-state index is 0.0992. The minimum atomic E-state index is -0.748. The monoisotopic (exact) mass is 552 g/mol. The first-order valence-electron chi connectivity index (χ1n) is 11.7. The molecule has 2 aliphatic heterocycles. The molecular weight excluding hydrogens is 536 g/mol. The lowest BCUT2D eigenvalue weighted by Gasteiger charge is -2.07. The molecule has 0 fully saturated rings. The van der Waals surface area contributed by atoms with Crippen molar-refractivity contribution in [1.82, 2.24) is 0 Å². The minimum Gasteiger partial charge on any atom is -0.457 e. The predicted octanol–water partition coefficient (Wildman–Crippen LogP) is 6.20. The molecule has 0 radical (unpaired) electrons. The zero-order chi connectivity index (χ0) is 27.1. The Morgan fingerprint density at radius 2 is 1.08 bits per heavy atom. The third-order valence-corrected chi connectivity index (χ3v) is 8.13. The first-order chi connectivity index (χ1) is 18.9. The van der Waals surface area contributed by atoms with E-state index in [-0.39, 0.29) is 28.0 Å². The maximum atomic E-state index is 12.7. The van der Waals surface area contributed by atoms with Gasteiger partial charge in [0.1, 0.15) is 6.61 Å². The highest BCUT2D eigenvalue weighted by Gasteiger charge is 2.30. The molecule has 6 rings (SSSR count). The molecule has 4 aromatic rings. The highest BCUT2D eigenvalue weighted by atomic mass is 32.2. The van der Waals surface area contributed by atoms with Gasteiger partial charge >= 0.3 is 17.9 Å². The molecule has 4 aromatic carbocycles. The SMILES string of the molecule is O=C(Sc1ccc(-c2ccc(SC(=O)c3ccc4c(c3)C(=O)OC4=O)cc2)cc1)c1ccc2c(c1)C(=O)OC2. The lowest BCUT2D eigenvalue weighted by molar-refractivity contribution is 0.0441. The second kappa shape index (κ2) is 10.0. The van der Waals surface area contributed by atoms with Crippen molar-refractivity contribution in [1.29, 1.82) is 0 Å². The van der Waals surface area contributed by atoms with Gasteiger partial charge in [-0.25, -0.2) is 14.4 Å². The Labute approximate surface area is 230 Å². The summed E-state index contributed by atoms with van der Waals surface area (Å²) in [4.78, 5) is 62.1. The number of hydrogen-bond donors (Lipinski definition) is 0. The number of cyclic esters (lactones) is 3. The van der Waals surface area contributed by atoms with Crippen molar-refractivity contribution >= 4 is 51.7 Å². The molecule has 190 valence electrons. The van der Waals surface area contributed by atoms with Crippen LogP contribution in [0.5, 0.6) is 0 Å². The van der Waals surface area contributed by atoms with Crippen molar-refractivity contribution in [2.45, 2.75) is 16.4 Å². The van der Waals surface area contributed by atoms with E-state index in [0.717, 1.165) is 50.0 Å². The van der Waals surface area contributed by atoms with Crippen LogP contribution in [0.4, 0.5) is 0 Å². The van der Waals surface area contributed by atoms with Crippen LogP contribution in [0.2, 0.25) is 0 Å². The van der Waals surface area contributed by atoms with Gasteiger partial charge in [-0.3, -0.25) is 9.59 Å². The summed E-state index contributed by atoms with van der Waals surface area (Å²) in [7, 11) is 0. The van der Waals surface area contributed by atoms with E-state index in [1.807, 2.05) is 48.5 Å². The molecule has 0 unspecified atom stereocenters. The highest BCUT2D eigenvalue weighted by molar-refractivity contribution is 8.14. The third kappa shape index (κ3) is 4.89. The van der Waals surface area contributed by atoms with Crippen molar-refractivity contribution < 1.29 is 33.4 Å². The molecule has 0 aliphatic carbocycles. The lowest BCUT2D eigenvalue weighted by Crippen LogP contribution is -1.99. The fraction of sp³-hybridized carbons (Fsp3) is 0.0333. The molecule has 0 saturated heterocycles. The van der Waals surface area contributed by atoms with E-state index < -0.39 is 17.9 Å². The second-order valence-electron chi connectivity index (χ2n) is 8.71. The fourth-order valence-corrected chi connectivity index (χ4v) is 5.68. The van der Waals surface area contributed by atoms with Gasteiger partial charge in [0, 0.05) is 26.5 Å². The van der Waals surface area contributed by atoms with Crippen molar-refractivity contribution in [3.63, 3.8) is 0 Å². The summed E-state index contributed by atoms with van der Waals surface area (Å²) in [5.74, 6) is -1.86. The van der Waals surface area contributed by atoms with Crippen molar-refractivity contribution in [2.24, 2.45) is 0 Å². The summed E-state index contributed by atoms with van der Waals surface area (Å²) < 4.78 is 9.57. The molecular formula is C30H16O7S2. The number of thioether (sulfide) groups is 2. The summed E-state index contributed by atoms with van der Waals surface area (Å²) in [6.07, 6.45) is 0. The normalized spacial score (nSPS) is 13.5. The first-order valence-corrected chi connectivity index (χ1v) is 13.3. The second-order valence-corrected chi connectivity index (χ2v) is 10.8. The number of fused-ring (bicyclic) bond motifs is 2. The van der Waals surface area contributed by atoms with Gasteiger partial charge in [-0.1, -0.05) is 36.4 Å². The lowest BCUT2D eigenvalue weighted by atomic mass is 10.1. The molecule has 0 amide bonds. The smallest absolute Gasteiger partial charge is 0.346 e. The molecule has 0 atom stereocenters. The summed E-state index contributed by atoms with van der Waals surface area (Å²) >= 11 is 2.10. The van der Waals surface area contributed by atoms with Crippen LogP contribution in [0.1, 0.15) is 57.4 Å². The Morgan fingerprint density at radius 3 is 1.67 bits per heavy atom. The number of esters is 3. The molecule has 0 aromatic heterocycles. The number of ether oxygens (including phenoxy) is 2. The quantitative estimate of drug-likeness (QED) is 0.163. The maximum absolute atomic E-state index is 12.7. The standard InChI is InChI=1S/C30H16O7S2/c31-26-24-13-18(1-2-20(24)15-36-26)29(34)38-21-8-3-16(4-9-21)17-5-10-22(11-6-17)39-30(35)19-7-12-23-25(14-19)28(33)37-27(23)32/h1-14H,15H2. The fourth-order valence-electron chi connectivity index (χ4n) is 4.22. The summed E-state index contributed by atoms with van der Waals surface area (Å²) in [6, 6.07) is 24.3. The van der Waals surface area contributed by atoms with Crippen LogP contribution in [0, 0.1) is 0 Å². The van der Waals surface area contributed by atoms with Gasteiger partial charge in [-0.05, 0) is 83.2 Å². The van der Waals surface area contributed by atoms with Gasteiger partial charge in [-0.15, -0.1) is 0 Å². The third-order valence-electron chi connectivity index (χ3n) is 6.27. The van der Waals surface area contributed by atoms with Crippen molar-refractivity contribution in [3.05, 3.63) is 118 Å². The van der Waals surface area contributed by atoms with E-state index in [0.29, 0.717) is 16.7 Å². The molecule has 0 N–H and O–H groups in total. The number of benzene rings is 4. The molecule has 2 heterocycles. The van der Waals surface area contributed by atoms with Crippen molar-refractivity contribution in [2.75, 3.05) is 0 Å². The molecule has 39 heavy (non-hydrogen) atoms. The van der Waals surface area contributed by atoms with E-state index in [1.165, 1.54) is 18.2 Å². The number of rotatable bonds is 5. The molecule has 9 heteroatoms. The van der Waals surface area contributed by atoms with Gasteiger partial charge in [0.25, 0.3) is 0 Å². The van der Waals surface area contributed by atoms with E-state index in [2.05, 4.69) is 4.74 Å². The topological polar surface area (TPSA) is 104 Å². The first kappa shape index (κ1) is 24.8. The number of carbonyl (C=O) groups is 5. The maximum Gasteiger partial charge on any atom is 0.346 e. The Balaban J connectivity index is 1.10. The molecule has 7 nitrogen and oxygen atoms in total. The average Bonchev–Trinajstić information content (AvgIpc) is 3.47. The van der Waals surface area contributed by atoms with E-state index in [4.69, 9.17) is 4.74 Å². The van der Waals surface area contributed by atoms with Gasteiger partial charge in [0.05, 0.1) is 16.7 Å². The van der Waals surface area contributed by atoms with Crippen molar-refractivity contribution in [3.8, 4) is 11.1 Å². The molecule has 2 aliphatic rings. The average molecular weight is 553 g/mol. The van der Waals surface area contributed by atoms with E-state index in [1.54, 1.807) is 18.2 Å². The largest absolute Gasteiger partial charge is 0.457 e. The van der Waals surface area contributed by atoms with Crippen LogP contribution in [-0.4, -0.2) is 28.1 Å². The van der Waals surface area contributed by atoms with E-state index in [9.17, 15) is 24.0 Å². The zero-order valence-corrected chi connectivity index (χ0v) is 21.6. The summed E-state index contributed by atoms with van der Waals surface area (Å²) in [5, 5.41) is -0.424. The summed E-state index contributed by atoms with van der Waals surface area (Å²) in [6.45, 7) is 0.239. The molecule has 0 saturated carbocycles. The Morgan fingerprint density at radius 1 is 0.564 bits per heavy atom. The van der Waals surface area contributed by atoms with Crippen LogP contribution in [0.15, 0.2) is 94.7 Å². The molecule has 0 spiro atoms. The van der Waals surface area contributed by atoms with Gasteiger partial charge in [0.2, 0.25) is 10.2 Å². The van der Waals surface area contributed by atoms with Crippen LogP contribution < -0.4 is 0 Å². The predicted molar refractivity (Wildman–Crippen MR) is 144 cm³/mol. The van der Waals surface area contributed by atoms with Crippen LogP contribution in [0.25, 0.3) is 11.1 Å². The van der Waals surface area contributed by atoms with E-state index >= 15 is 0 Å². The van der Waals surface area contributed by atoms with Crippen LogP contribution >= 0.6 is 23.5 Å². The van der Waals surface area contributed by atoms with Gasteiger partial charge in [-0.2, -0.15) is 0 Å². The highest BCUT2D eigenvalue weighted by Crippen LogP contribution is 2.31. The Kier molecular flexibility index (Phi) is 6.38. The van der Waals surface area contributed by atoms with Gasteiger partial charge in [0.15, 0.2) is 0 Å². The van der Waals surface area contributed by atoms with Crippen LogP contribution in [-0.2, 0) is 16.1 Å². The zero-order valence-electron chi connectivity index (χ0n) is 20.0. The Bertz CT molecular complexity index is 1710. The van der Waals surface area contributed by atoms with Crippen LogP contribution in [0.3, 0.4) is 0 Å².